The number of carbonyl (C=O) groups is 2. The van der Waals surface area contributed by atoms with Crippen molar-refractivity contribution < 1.29 is 14.3 Å². The van der Waals surface area contributed by atoms with Crippen molar-refractivity contribution in [1.29, 1.82) is 0 Å². The van der Waals surface area contributed by atoms with Gasteiger partial charge in [-0.15, -0.1) is 0 Å². The van der Waals surface area contributed by atoms with Crippen molar-refractivity contribution in [3.05, 3.63) is 0 Å². The standard InChI is InChI=1S/C11H20O3/c1-5-6-10(8(2)3)14-11(13)7-9(4)12/h8,10H,5-7H2,1-4H3. The van der Waals surface area contributed by atoms with Crippen molar-refractivity contribution in [2.45, 2.75) is 53.1 Å². The predicted octanol–water partition coefficient (Wildman–Crippen LogP) is 2.33. The molecule has 1 atom stereocenters. The molecule has 0 saturated heterocycles. The van der Waals surface area contributed by atoms with Crippen LogP contribution in [-0.4, -0.2) is 17.9 Å². The molecule has 0 amide bonds. The Morgan fingerprint density at radius 2 is 1.86 bits per heavy atom. The zero-order valence-corrected chi connectivity index (χ0v) is 9.50. The Morgan fingerprint density at radius 1 is 1.29 bits per heavy atom. The maximum absolute atomic E-state index is 11.2. The lowest BCUT2D eigenvalue weighted by atomic mass is 10.0. The van der Waals surface area contributed by atoms with Gasteiger partial charge in [0.25, 0.3) is 0 Å². The van der Waals surface area contributed by atoms with Crippen molar-refractivity contribution in [3.63, 3.8) is 0 Å². The SMILES string of the molecule is CCCC(OC(=O)CC(C)=O)C(C)C. The molecule has 0 aliphatic carbocycles. The van der Waals surface area contributed by atoms with Crippen molar-refractivity contribution in [1.82, 2.24) is 0 Å². The van der Waals surface area contributed by atoms with E-state index in [1.165, 1.54) is 6.92 Å². The summed E-state index contributed by atoms with van der Waals surface area (Å²) in [6.07, 6.45) is 1.69. The fourth-order valence-corrected chi connectivity index (χ4v) is 1.23. The Balaban J connectivity index is 4.02. The van der Waals surface area contributed by atoms with Crippen LogP contribution < -0.4 is 0 Å². The third-order valence-electron chi connectivity index (χ3n) is 1.99. The van der Waals surface area contributed by atoms with Crippen LogP contribution in [0.2, 0.25) is 0 Å². The normalized spacial score (nSPS) is 12.6. The minimum Gasteiger partial charge on any atom is -0.462 e. The van der Waals surface area contributed by atoms with E-state index in [0.29, 0.717) is 5.92 Å². The minimum absolute atomic E-state index is 0.0492. The lowest BCUT2D eigenvalue weighted by Crippen LogP contribution is -2.24. The van der Waals surface area contributed by atoms with Gasteiger partial charge >= 0.3 is 5.97 Å². The van der Waals surface area contributed by atoms with Gasteiger partial charge in [0, 0.05) is 0 Å². The predicted molar refractivity (Wildman–Crippen MR) is 54.9 cm³/mol. The highest BCUT2D eigenvalue weighted by atomic mass is 16.5. The summed E-state index contributed by atoms with van der Waals surface area (Å²) in [7, 11) is 0. The maximum Gasteiger partial charge on any atom is 0.313 e. The minimum atomic E-state index is -0.398. The van der Waals surface area contributed by atoms with Gasteiger partial charge in [-0.2, -0.15) is 0 Å². The van der Waals surface area contributed by atoms with E-state index in [-0.39, 0.29) is 18.3 Å². The van der Waals surface area contributed by atoms with Crippen LogP contribution in [0.15, 0.2) is 0 Å². The Labute approximate surface area is 85.8 Å². The number of carbonyl (C=O) groups excluding carboxylic acids is 2. The summed E-state index contributed by atoms with van der Waals surface area (Å²) in [6.45, 7) is 7.47. The molecular weight excluding hydrogens is 180 g/mol. The summed E-state index contributed by atoms with van der Waals surface area (Å²) in [5.74, 6) is -0.232. The van der Waals surface area contributed by atoms with Gasteiger partial charge < -0.3 is 4.74 Å². The topological polar surface area (TPSA) is 43.4 Å². The second-order valence-corrected chi connectivity index (χ2v) is 3.94. The Bertz CT molecular complexity index is 197. The molecule has 0 rings (SSSR count). The van der Waals surface area contributed by atoms with Crippen LogP contribution in [0.5, 0.6) is 0 Å². The van der Waals surface area contributed by atoms with Gasteiger partial charge in [-0.1, -0.05) is 27.2 Å². The zero-order valence-electron chi connectivity index (χ0n) is 9.50. The van der Waals surface area contributed by atoms with Gasteiger partial charge in [0.05, 0.1) is 0 Å². The van der Waals surface area contributed by atoms with Crippen LogP contribution in [0, 0.1) is 5.92 Å². The molecule has 0 saturated carbocycles. The number of Topliss-reactive ketones (excluding diaryl/α,β-unsaturated/α-hetero) is 1. The third kappa shape index (κ3) is 5.73. The van der Waals surface area contributed by atoms with Crippen LogP contribution in [0.1, 0.15) is 47.0 Å². The van der Waals surface area contributed by atoms with Crippen molar-refractivity contribution in [2.24, 2.45) is 5.92 Å². The van der Waals surface area contributed by atoms with Gasteiger partial charge in [-0.25, -0.2) is 0 Å². The maximum atomic E-state index is 11.2. The molecule has 3 heteroatoms. The molecule has 14 heavy (non-hydrogen) atoms. The highest BCUT2D eigenvalue weighted by molar-refractivity contribution is 5.94. The van der Waals surface area contributed by atoms with Crippen molar-refractivity contribution in [2.75, 3.05) is 0 Å². The first-order valence-electron chi connectivity index (χ1n) is 5.16. The number of ether oxygens (including phenoxy) is 1. The van der Waals surface area contributed by atoms with Crippen LogP contribution in [0.25, 0.3) is 0 Å². The first-order valence-corrected chi connectivity index (χ1v) is 5.16. The lowest BCUT2D eigenvalue weighted by Gasteiger charge is -2.20. The molecule has 82 valence electrons. The van der Waals surface area contributed by atoms with E-state index < -0.39 is 5.97 Å². The van der Waals surface area contributed by atoms with Crippen LogP contribution in [-0.2, 0) is 14.3 Å². The molecule has 0 aromatic heterocycles. The molecule has 0 bridgehead atoms. The smallest absolute Gasteiger partial charge is 0.313 e. The molecule has 0 heterocycles. The molecule has 1 unspecified atom stereocenters. The summed E-state index contributed by atoms with van der Waals surface area (Å²) in [5.41, 5.74) is 0. The number of hydrogen-bond donors (Lipinski definition) is 0. The van der Waals surface area contributed by atoms with E-state index in [9.17, 15) is 9.59 Å². The van der Waals surface area contributed by atoms with E-state index in [0.717, 1.165) is 12.8 Å². The van der Waals surface area contributed by atoms with E-state index in [1.54, 1.807) is 0 Å². The summed E-state index contributed by atoms with van der Waals surface area (Å²) in [5, 5.41) is 0. The summed E-state index contributed by atoms with van der Waals surface area (Å²) >= 11 is 0. The van der Waals surface area contributed by atoms with Crippen molar-refractivity contribution >= 4 is 11.8 Å². The molecule has 0 radical (unpaired) electrons. The van der Waals surface area contributed by atoms with Crippen LogP contribution in [0.3, 0.4) is 0 Å². The highest BCUT2D eigenvalue weighted by Gasteiger charge is 2.17. The van der Waals surface area contributed by atoms with Gasteiger partial charge in [0.2, 0.25) is 0 Å². The fourth-order valence-electron chi connectivity index (χ4n) is 1.23. The first kappa shape index (κ1) is 13.1. The van der Waals surface area contributed by atoms with Crippen LogP contribution in [0.4, 0.5) is 0 Å². The molecule has 0 aliphatic rings. The van der Waals surface area contributed by atoms with E-state index >= 15 is 0 Å². The number of rotatable bonds is 6. The molecule has 0 N–H and O–H groups in total. The molecule has 0 spiro atoms. The van der Waals surface area contributed by atoms with Gasteiger partial charge in [-0.3, -0.25) is 9.59 Å². The molecule has 3 nitrogen and oxygen atoms in total. The number of esters is 1. The molecule has 0 aromatic rings. The van der Waals surface area contributed by atoms with Crippen LogP contribution >= 0.6 is 0 Å². The Kier molecular flexibility index (Phi) is 6.17. The number of hydrogen-bond acceptors (Lipinski definition) is 3. The van der Waals surface area contributed by atoms with Gasteiger partial charge in [-0.05, 0) is 19.3 Å². The van der Waals surface area contributed by atoms with Gasteiger partial charge in [0.15, 0.2) is 0 Å². The second kappa shape index (κ2) is 6.57. The second-order valence-electron chi connectivity index (χ2n) is 3.94. The summed E-state index contributed by atoms with van der Waals surface area (Å²) < 4.78 is 5.20. The Hall–Kier alpha value is -0.860. The van der Waals surface area contributed by atoms with E-state index in [1.807, 2.05) is 20.8 Å². The molecule has 0 aliphatic heterocycles. The molecular formula is C11H20O3. The van der Waals surface area contributed by atoms with E-state index in [4.69, 9.17) is 4.74 Å². The highest BCUT2D eigenvalue weighted by Crippen LogP contribution is 2.13. The fraction of sp³-hybridized carbons (Fsp3) is 0.818. The monoisotopic (exact) mass is 200 g/mol. The zero-order chi connectivity index (χ0) is 11.1. The number of ketones is 1. The third-order valence-corrected chi connectivity index (χ3v) is 1.99. The lowest BCUT2D eigenvalue weighted by molar-refractivity contribution is -0.153. The average molecular weight is 200 g/mol. The quantitative estimate of drug-likeness (QED) is 0.488. The Morgan fingerprint density at radius 3 is 2.21 bits per heavy atom. The molecule has 0 fully saturated rings. The van der Waals surface area contributed by atoms with E-state index in [2.05, 4.69) is 0 Å². The van der Waals surface area contributed by atoms with Crippen molar-refractivity contribution in [3.8, 4) is 0 Å². The average Bonchev–Trinajstić information content (AvgIpc) is 2.01. The van der Waals surface area contributed by atoms with Gasteiger partial charge in [0.1, 0.15) is 18.3 Å². The molecule has 0 aromatic carbocycles. The largest absolute Gasteiger partial charge is 0.462 e. The summed E-state index contributed by atoms with van der Waals surface area (Å²) in [6, 6.07) is 0. The summed E-state index contributed by atoms with van der Waals surface area (Å²) in [4.78, 5) is 21.9. The first-order chi connectivity index (χ1) is 6.47.